The van der Waals surface area contributed by atoms with E-state index in [4.69, 9.17) is 4.98 Å². The first-order chi connectivity index (χ1) is 19.8. The van der Waals surface area contributed by atoms with Crippen LogP contribution < -0.4 is 0 Å². The summed E-state index contributed by atoms with van der Waals surface area (Å²) >= 11 is 0. The average molecular weight is 512 g/mol. The third-order valence-electron chi connectivity index (χ3n) is 8.61. The van der Waals surface area contributed by atoms with Crippen molar-refractivity contribution in [3.05, 3.63) is 133 Å². The van der Waals surface area contributed by atoms with Gasteiger partial charge in [0.2, 0.25) is 0 Å². The number of aromatic nitrogens is 3. The van der Waals surface area contributed by atoms with Crippen LogP contribution in [0, 0.1) is 0 Å². The highest BCUT2D eigenvalue weighted by Crippen LogP contribution is 2.43. The van der Waals surface area contributed by atoms with E-state index in [1.807, 2.05) is 6.20 Å². The molecule has 1 aliphatic rings. The third-order valence-corrected chi connectivity index (χ3v) is 8.61. The fourth-order valence-electron chi connectivity index (χ4n) is 6.87. The lowest BCUT2D eigenvalue weighted by Crippen LogP contribution is -2.05. The number of benzene rings is 5. The Balaban J connectivity index is 1.42. The van der Waals surface area contributed by atoms with Crippen molar-refractivity contribution in [1.29, 1.82) is 0 Å². The first-order valence-electron chi connectivity index (χ1n) is 13.9. The number of fused-ring (bicyclic) bond motifs is 9. The molecule has 0 spiro atoms. The van der Waals surface area contributed by atoms with E-state index in [9.17, 15) is 0 Å². The van der Waals surface area contributed by atoms with E-state index < -0.39 is 0 Å². The minimum absolute atomic E-state index is 0.988. The first-order valence-corrected chi connectivity index (χ1v) is 13.9. The quantitative estimate of drug-likeness (QED) is 0.227. The Hall–Kier alpha value is -5.15. The number of hydrogen-bond acceptors (Lipinski definition) is 1. The van der Waals surface area contributed by atoms with Crippen LogP contribution in [0.5, 0.6) is 0 Å². The SMILES string of the molecule is C1=C(n2c3ccccc3c3ccc4c(c5cccnc5n4-c4ccccc4)c32)CCc2cc3ccccc3cc21. The summed E-state index contributed by atoms with van der Waals surface area (Å²) in [6.07, 6.45) is 6.34. The molecule has 0 radical (unpaired) electrons. The van der Waals surface area contributed by atoms with E-state index in [1.54, 1.807) is 0 Å². The van der Waals surface area contributed by atoms with Crippen molar-refractivity contribution in [3.8, 4) is 5.69 Å². The molecule has 0 saturated heterocycles. The van der Waals surface area contributed by atoms with Gasteiger partial charge in [0, 0.05) is 39.1 Å². The van der Waals surface area contributed by atoms with Crippen molar-refractivity contribution in [2.24, 2.45) is 0 Å². The van der Waals surface area contributed by atoms with Crippen LogP contribution in [0.4, 0.5) is 0 Å². The molecule has 3 heterocycles. The summed E-state index contributed by atoms with van der Waals surface area (Å²) in [5.41, 5.74) is 9.91. The van der Waals surface area contributed by atoms with Crippen molar-refractivity contribution in [2.45, 2.75) is 12.8 Å². The topological polar surface area (TPSA) is 22.8 Å². The Kier molecular flexibility index (Phi) is 4.44. The van der Waals surface area contributed by atoms with Gasteiger partial charge in [-0.25, -0.2) is 4.98 Å². The second-order valence-corrected chi connectivity index (χ2v) is 10.8. The van der Waals surface area contributed by atoms with Gasteiger partial charge in [-0.2, -0.15) is 0 Å². The maximum atomic E-state index is 4.90. The molecule has 0 N–H and O–H groups in total. The van der Waals surface area contributed by atoms with Crippen LogP contribution in [0.15, 0.2) is 121 Å². The van der Waals surface area contributed by atoms with Gasteiger partial charge in [-0.3, -0.25) is 4.57 Å². The highest BCUT2D eigenvalue weighted by atomic mass is 15.1. The maximum Gasteiger partial charge on any atom is 0.145 e. The lowest BCUT2D eigenvalue weighted by molar-refractivity contribution is 0.950. The molecule has 1 aliphatic carbocycles. The molecule has 188 valence electrons. The van der Waals surface area contributed by atoms with E-state index in [-0.39, 0.29) is 0 Å². The van der Waals surface area contributed by atoms with Gasteiger partial charge < -0.3 is 4.57 Å². The van der Waals surface area contributed by atoms with Crippen LogP contribution >= 0.6 is 0 Å². The van der Waals surface area contributed by atoms with Crippen LogP contribution in [0.1, 0.15) is 17.5 Å². The van der Waals surface area contributed by atoms with Crippen molar-refractivity contribution < 1.29 is 0 Å². The van der Waals surface area contributed by atoms with E-state index in [0.717, 1.165) is 24.2 Å². The standard InChI is InChI=1S/C37H25N3/c1-2-11-28(12-3-1)40-34-19-18-31-30-13-6-7-15-33(30)39(36(31)35(34)32-14-8-20-38-37(32)40)29-17-16-26-21-24-9-4-5-10-25(24)22-27(26)23-29/h1-15,18-23H,16-17H2. The average Bonchev–Trinajstić information content (AvgIpc) is 3.53. The zero-order chi connectivity index (χ0) is 26.2. The predicted octanol–water partition coefficient (Wildman–Crippen LogP) is 9.38. The normalized spacial score (nSPS) is 13.4. The number of aryl methyl sites for hydroxylation is 1. The summed E-state index contributed by atoms with van der Waals surface area (Å²) in [5, 5.41) is 7.61. The molecule has 0 bridgehead atoms. The Morgan fingerprint density at radius 3 is 2.25 bits per heavy atom. The number of rotatable bonds is 2. The van der Waals surface area contributed by atoms with Crippen molar-refractivity contribution in [2.75, 3.05) is 0 Å². The van der Waals surface area contributed by atoms with Crippen molar-refractivity contribution >= 4 is 66.3 Å². The van der Waals surface area contributed by atoms with Crippen molar-refractivity contribution in [1.82, 2.24) is 14.1 Å². The third kappa shape index (κ3) is 2.97. The molecule has 0 aliphatic heterocycles. The monoisotopic (exact) mass is 511 g/mol. The van der Waals surface area contributed by atoms with Crippen molar-refractivity contribution in [3.63, 3.8) is 0 Å². The van der Waals surface area contributed by atoms with E-state index in [1.165, 1.54) is 65.7 Å². The Morgan fingerprint density at radius 2 is 1.35 bits per heavy atom. The number of hydrogen-bond donors (Lipinski definition) is 0. The molecule has 3 heteroatoms. The number of pyridine rings is 1. The van der Waals surface area contributed by atoms with Gasteiger partial charge in [0.1, 0.15) is 5.65 Å². The second-order valence-electron chi connectivity index (χ2n) is 10.8. The Labute approximate surface area is 231 Å². The lowest BCUT2D eigenvalue weighted by Gasteiger charge is -2.20. The highest BCUT2D eigenvalue weighted by Gasteiger charge is 2.23. The van der Waals surface area contributed by atoms with Gasteiger partial charge in [0.25, 0.3) is 0 Å². The number of nitrogens with zero attached hydrogens (tertiary/aromatic N) is 3. The number of para-hydroxylation sites is 2. The second kappa shape index (κ2) is 8.17. The minimum atomic E-state index is 0.988. The molecular formula is C37H25N3. The fourth-order valence-corrected chi connectivity index (χ4v) is 6.87. The smallest absolute Gasteiger partial charge is 0.145 e. The largest absolute Gasteiger partial charge is 0.312 e. The summed E-state index contributed by atoms with van der Waals surface area (Å²) in [6.45, 7) is 0. The van der Waals surface area contributed by atoms with Crippen LogP contribution in [-0.4, -0.2) is 14.1 Å². The van der Waals surface area contributed by atoms with E-state index >= 15 is 0 Å². The summed E-state index contributed by atoms with van der Waals surface area (Å²) in [5.74, 6) is 0. The summed E-state index contributed by atoms with van der Waals surface area (Å²) in [6, 6.07) is 41.7. The van der Waals surface area contributed by atoms with Gasteiger partial charge in [-0.15, -0.1) is 0 Å². The first kappa shape index (κ1) is 21.7. The Morgan fingerprint density at radius 1 is 0.575 bits per heavy atom. The zero-order valence-corrected chi connectivity index (χ0v) is 21.9. The molecular weight excluding hydrogens is 486 g/mol. The lowest BCUT2D eigenvalue weighted by atomic mass is 9.92. The van der Waals surface area contributed by atoms with Gasteiger partial charge >= 0.3 is 0 Å². The summed E-state index contributed by atoms with van der Waals surface area (Å²) in [4.78, 5) is 4.90. The zero-order valence-electron chi connectivity index (χ0n) is 21.9. The predicted molar refractivity (Wildman–Crippen MR) is 168 cm³/mol. The van der Waals surface area contributed by atoms with Crippen LogP contribution in [0.25, 0.3) is 72.0 Å². The molecule has 0 unspecified atom stereocenters. The molecule has 3 nitrogen and oxygen atoms in total. The summed E-state index contributed by atoms with van der Waals surface area (Å²) in [7, 11) is 0. The van der Waals surface area contributed by atoms with Gasteiger partial charge in [0.15, 0.2) is 0 Å². The summed E-state index contributed by atoms with van der Waals surface area (Å²) < 4.78 is 4.84. The van der Waals surface area contributed by atoms with Crippen LogP contribution in [0.2, 0.25) is 0 Å². The maximum absolute atomic E-state index is 4.90. The number of allylic oxidation sites excluding steroid dienone is 1. The molecule has 0 fully saturated rings. The highest BCUT2D eigenvalue weighted by molar-refractivity contribution is 6.26. The molecule has 5 aromatic carbocycles. The molecule has 0 saturated carbocycles. The fraction of sp³-hybridized carbons (Fsp3) is 0.0541. The molecule has 9 rings (SSSR count). The molecule has 40 heavy (non-hydrogen) atoms. The minimum Gasteiger partial charge on any atom is -0.312 e. The van der Waals surface area contributed by atoms with Gasteiger partial charge in [-0.05, 0) is 83.3 Å². The molecule has 8 aromatic rings. The molecule has 3 aromatic heterocycles. The van der Waals surface area contributed by atoms with Gasteiger partial charge in [0.05, 0.1) is 16.6 Å². The Bertz CT molecular complexity index is 2320. The van der Waals surface area contributed by atoms with E-state index in [2.05, 4.69) is 130 Å². The van der Waals surface area contributed by atoms with E-state index in [0.29, 0.717) is 0 Å². The molecule has 0 amide bonds. The molecule has 0 atom stereocenters. The van der Waals surface area contributed by atoms with Gasteiger partial charge in [-0.1, -0.05) is 72.8 Å². The van der Waals surface area contributed by atoms with Crippen LogP contribution in [-0.2, 0) is 6.42 Å². The van der Waals surface area contributed by atoms with Crippen LogP contribution in [0.3, 0.4) is 0 Å².